The number of carbonyl (C=O) groups is 1. The van der Waals surface area contributed by atoms with Gasteiger partial charge in [0.15, 0.2) is 0 Å². The number of aryl methyl sites for hydroxylation is 1. The molecule has 0 fully saturated rings. The first kappa shape index (κ1) is 20.3. The second-order valence-corrected chi connectivity index (χ2v) is 8.63. The fourth-order valence-corrected chi connectivity index (χ4v) is 4.36. The quantitative estimate of drug-likeness (QED) is 0.686. The Balaban J connectivity index is 1.97. The van der Waals surface area contributed by atoms with Crippen molar-refractivity contribution < 1.29 is 9.53 Å². The van der Waals surface area contributed by atoms with Gasteiger partial charge in [-0.3, -0.25) is 0 Å². The minimum atomic E-state index is -0.397. The summed E-state index contributed by atoms with van der Waals surface area (Å²) >= 11 is 0. The van der Waals surface area contributed by atoms with Gasteiger partial charge in [-0.15, -0.1) is 0 Å². The molecule has 0 saturated carbocycles. The zero-order chi connectivity index (χ0) is 20.6. The van der Waals surface area contributed by atoms with Crippen LogP contribution < -0.4 is 4.90 Å². The van der Waals surface area contributed by atoms with E-state index in [4.69, 9.17) is 4.74 Å². The lowest BCUT2D eigenvalue weighted by Gasteiger charge is -2.41. The molecule has 1 aromatic carbocycles. The molecule has 2 atom stereocenters. The topological polar surface area (TPSA) is 55.3 Å². The lowest BCUT2D eigenvalue weighted by Crippen LogP contribution is -2.31. The predicted molar refractivity (Wildman–Crippen MR) is 112 cm³/mol. The minimum Gasteiger partial charge on any atom is -0.462 e. The number of rotatable bonds is 4. The molecule has 0 bridgehead atoms. The van der Waals surface area contributed by atoms with E-state index in [0.29, 0.717) is 30.0 Å². The Morgan fingerprint density at radius 1 is 1.25 bits per heavy atom. The second-order valence-electron chi connectivity index (χ2n) is 8.63. The number of hydrogen-bond donors (Lipinski definition) is 0. The maximum absolute atomic E-state index is 11.8. The van der Waals surface area contributed by atoms with Crippen LogP contribution in [-0.4, -0.2) is 29.6 Å². The number of fused-ring (bicyclic) bond motifs is 1. The molecule has 2 unspecified atom stereocenters. The third-order valence-electron chi connectivity index (χ3n) is 6.08. The van der Waals surface area contributed by atoms with Crippen LogP contribution in [0.4, 0.5) is 11.6 Å². The lowest BCUT2D eigenvalue weighted by atomic mass is 9.64. The summed E-state index contributed by atoms with van der Waals surface area (Å²) in [6, 6.07) is 4.63. The van der Waals surface area contributed by atoms with Crippen molar-refractivity contribution in [2.75, 3.05) is 18.6 Å². The molecule has 2 aromatic rings. The highest BCUT2D eigenvalue weighted by atomic mass is 16.5. The standard InChI is InChI=1S/C23H31N3O2/c1-8-28-21(27)17-12-24-22(25-13-17)26(7)20-10-19-18(9-14(20)2)16(4)15(3)11-23(19,5)6/h9-10,12-13,15-16H,8,11H2,1-7H3. The molecular formula is C23H31N3O2. The number of hydrogen-bond acceptors (Lipinski definition) is 5. The molecule has 5 heteroatoms. The number of esters is 1. The summed E-state index contributed by atoms with van der Waals surface area (Å²) in [5, 5.41) is 0. The maximum atomic E-state index is 11.8. The molecule has 5 nitrogen and oxygen atoms in total. The van der Waals surface area contributed by atoms with Gasteiger partial charge >= 0.3 is 5.97 Å². The van der Waals surface area contributed by atoms with Crippen LogP contribution in [-0.2, 0) is 10.2 Å². The Morgan fingerprint density at radius 3 is 2.50 bits per heavy atom. The molecule has 0 saturated heterocycles. The molecule has 1 aliphatic carbocycles. The van der Waals surface area contributed by atoms with E-state index in [0.717, 1.165) is 5.69 Å². The van der Waals surface area contributed by atoms with Crippen LogP contribution in [0.3, 0.4) is 0 Å². The number of carbonyl (C=O) groups excluding carboxylic acids is 1. The minimum absolute atomic E-state index is 0.138. The average Bonchev–Trinajstić information content (AvgIpc) is 2.65. The van der Waals surface area contributed by atoms with Gasteiger partial charge in [0, 0.05) is 25.1 Å². The van der Waals surface area contributed by atoms with Crippen molar-refractivity contribution in [1.29, 1.82) is 0 Å². The Kier molecular flexibility index (Phi) is 5.46. The van der Waals surface area contributed by atoms with Gasteiger partial charge in [0.25, 0.3) is 0 Å². The van der Waals surface area contributed by atoms with Crippen LogP contribution in [0.5, 0.6) is 0 Å². The highest BCUT2D eigenvalue weighted by molar-refractivity contribution is 5.88. The highest BCUT2D eigenvalue weighted by Crippen LogP contribution is 2.47. The fourth-order valence-electron chi connectivity index (χ4n) is 4.36. The highest BCUT2D eigenvalue weighted by Gasteiger charge is 2.36. The molecular weight excluding hydrogens is 350 g/mol. The van der Waals surface area contributed by atoms with Crippen molar-refractivity contribution in [3.05, 3.63) is 46.8 Å². The van der Waals surface area contributed by atoms with Crippen molar-refractivity contribution in [3.8, 4) is 0 Å². The van der Waals surface area contributed by atoms with E-state index in [9.17, 15) is 4.79 Å². The predicted octanol–water partition coefficient (Wildman–Crippen LogP) is 5.15. The summed E-state index contributed by atoms with van der Waals surface area (Å²) in [6.07, 6.45) is 4.23. The second kappa shape index (κ2) is 7.53. The molecule has 150 valence electrons. The van der Waals surface area contributed by atoms with Gasteiger partial charge in [-0.1, -0.05) is 33.8 Å². The van der Waals surface area contributed by atoms with Gasteiger partial charge in [0.05, 0.1) is 12.2 Å². The Morgan fingerprint density at radius 2 is 1.89 bits per heavy atom. The molecule has 28 heavy (non-hydrogen) atoms. The van der Waals surface area contributed by atoms with Gasteiger partial charge in [-0.25, -0.2) is 14.8 Å². The Bertz CT molecular complexity index is 874. The summed E-state index contributed by atoms with van der Waals surface area (Å²) in [4.78, 5) is 22.6. The third kappa shape index (κ3) is 3.62. The molecule has 0 radical (unpaired) electrons. The number of nitrogens with zero attached hydrogens (tertiary/aromatic N) is 3. The van der Waals surface area contributed by atoms with Crippen molar-refractivity contribution in [3.63, 3.8) is 0 Å². The third-order valence-corrected chi connectivity index (χ3v) is 6.08. The first-order valence-corrected chi connectivity index (χ1v) is 10.0. The van der Waals surface area contributed by atoms with Crippen LogP contribution >= 0.6 is 0 Å². The van der Waals surface area contributed by atoms with E-state index in [1.807, 2.05) is 11.9 Å². The summed E-state index contributed by atoms with van der Waals surface area (Å²) in [7, 11) is 1.97. The molecule has 0 amide bonds. The van der Waals surface area contributed by atoms with E-state index in [2.05, 4.69) is 56.7 Å². The monoisotopic (exact) mass is 381 g/mol. The molecule has 3 rings (SSSR count). The molecule has 0 aliphatic heterocycles. The van der Waals surface area contributed by atoms with Crippen LogP contribution in [0, 0.1) is 12.8 Å². The van der Waals surface area contributed by atoms with Crippen molar-refractivity contribution in [2.24, 2.45) is 5.92 Å². The summed E-state index contributed by atoms with van der Waals surface area (Å²) < 4.78 is 5.00. The maximum Gasteiger partial charge on any atom is 0.341 e. The van der Waals surface area contributed by atoms with E-state index < -0.39 is 5.97 Å². The zero-order valence-electron chi connectivity index (χ0n) is 18.0. The van der Waals surface area contributed by atoms with Crippen LogP contribution in [0.25, 0.3) is 0 Å². The lowest BCUT2D eigenvalue weighted by molar-refractivity contribution is 0.0525. The first-order chi connectivity index (χ1) is 13.2. The fraction of sp³-hybridized carbons (Fsp3) is 0.522. The van der Waals surface area contributed by atoms with Crippen molar-refractivity contribution >= 4 is 17.6 Å². The Labute approximate surface area is 168 Å². The number of anilines is 2. The smallest absolute Gasteiger partial charge is 0.341 e. The number of aromatic nitrogens is 2. The van der Waals surface area contributed by atoms with Crippen LogP contribution in [0.1, 0.15) is 74.0 Å². The average molecular weight is 382 g/mol. The molecule has 1 heterocycles. The van der Waals surface area contributed by atoms with Crippen molar-refractivity contribution in [2.45, 2.75) is 59.3 Å². The van der Waals surface area contributed by atoms with Gasteiger partial charge in [0.1, 0.15) is 0 Å². The van der Waals surface area contributed by atoms with E-state index in [-0.39, 0.29) is 5.41 Å². The summed E-state index contributed by atoms with van der Waals surface area (Å²) in [5.41, 5.74) is 5.67. The van der Waals surface area contributed by atoms with Gasteiger partial charge < -0.3 is 9.64 Å². The Hall–Kier alpha value is -2.43. The van der Waals surface area contributed by atoms with Crippen LogP contribution in [0.2, 0.25) is 0 Å². The molecule has 0 spiro atoms. The number of benzene rings is 1. The first-order valence-electron chi connectivity index (χ1n) is 10.0. The van der Waals surface area contributed by atoms with E-state index in [1.54, 1.807) is 6.92 Å². The summed E-state index contributed by atoms with van der Waals surface area (Å²) in [5.74, 6) is 1.39. The normalized spacial score (nSPS) is 20.4. The zero-order valence-corrected chi connectivity index (χ0v) is 18.0. The van der Waals surface area contributed by atoms with Crippen LogP contribution in [0.15, 0.2) is 24.5 Å². The molecule has 1 aliphatic rings. The number of ether oxygens (including phenoxy) is 1. The molecule has 1 aromatic heterocycles. The van der Waals surface area contributed by atoms with E-state index >= 15 is 0 Å². The van der Waals surface area contributed by atoms with Crippen molar-refractivity contribution in [1.82, 2.24) is 9.97 Å². The summed E-state index contributed by atoms with van der Waals surface area (Å²) in [6.45, 7) is 13.6. The molecule has 0 N–H and O–H groups in total. The largest absolute Gasteiger partial charge is 0.462 e. The van der Waals surface area contributed by atoms with Gasteiger partial charge in [-0.05, 0) is 60.3 Å². The van der Waals surface area contributed by atoms with Gasteiger partial charge in [-0.2, -0.15) is 0 Å². The van der Waals surface area contributed by atoms with Gasteiger partial charge in [0.2, 0.25) is 5.95 Å². The van der Waals surface area contributed by atoms with E-state index in [1.165, 1.54) is 35.5 Å². The SMILES string of the molecule is CCOC(=O)c1cnc(N(C)c2cc3c(cc2C)C(C)C(C)CC3(C)C)nc1.